The van der Waals surface area contributed by atoms with Crippen LogP contribution < -0.4 is 0 Å². The quantitative estimate of drug-likeness (QED) is 0.673. The van der Waals surface area contributed by atoms with Crippen molar-refractivity contribution in [3.8, 4) is 33.8 Å². The summed E-state index contributed by atoms with van der Waals surface area (Å²) in [7, 11) is 0. The van der Waals surface area contributed by atoms with Gasteiger partial charge >= 0.3 is 0 Å². The highest BCUT2D eigenvalue weighted by atomic mass is 79.9. The summed E-state index contributed by atoms with van der Waals surface area (Å²) in [6.45, 7) is 0. The Morgan fingerprint density at radius 2 is 1.43 bits per heavy atom. The van der Waals surface area contributed by atoms with Crippen LogP contribution in [0.15, 0.2) is 71.2 Å². The van der Waals surface area contributed by atoms with E-state index in [1.165, 1.54) is 0 Å². The van der Waals surface area contributed by atoms with Gasteiger partial charge in [0, 0.05) is 11.1 Å². The van der Waals surface area contributed by atoms with Crippen LogP contribution in [0.1, 0.15) is 0 Å². The first-order valence-corrected chi connectivity index (χ1v) is 7.32. The second kappa shape index (κ2) is 5.62. The van der Waals surface area contributed by atoms with Crippen molar-refractivity contribution in [2.45, 2.75) is 0 Å². The maximum atomic E-state index is 10.2. The van der Waals surface area contributed by atoms with Gasteiger partial charge in [-0.05, 0) is 45.3 Å². The van der Waals surface area contributed by atoms with Crippen LogP contribution in [-0.2, 0) is 0 Å². The second-order valence-electron chi connectivity index (χ2n) is 4.73. The van der Waals surface area contributed by atoms with Gasteiger partial charge in [-0.25, -0.2) is 0 Å². The Labute approximate surface area is 131 Å². The average molecular weight is 341 g/mol. The summed E-state index contributed by atoms with van der Waals surface area (Å²) < 4.78 is 0.601. The molecule has 2 N–H and O–H groups in total. The van der Waals surface area contributed by atoms with E-state index in [2.05, 4.69) is 15.9 Å². The lowest BCUT2D eigenvalue weighted by molar-refractivity contribution is 0.467. The van der Waals surface area contributed by atoms with Gasteiger partial charge in [-0.15, -0.1) is 0 Å². The van der Waals surface area contributed by atoms with Crippen molar-refractivity contribution in [3.63, 3.8) is 0 Å². The molecular weight excluding hydrogens is 328 g/mol. The van der Waals surface area contributed by atoms with E-state index in [0.717, 1.165) is 11.1 Å². The molecule has 0 aromatic heterocycles. The number of phenols is 2. The summed E-state index contributed by atoms with van der Waals surface area (Å²) in [6, 6.07) is 20.7. The largest absolute Gasteiger partial charge is 0.507 e. The number of hydrogen-bond acceptors (Lipinski definition) is 2. The van der Waals surface area contributed by atoms with Crippen LogP contribution in [0.2, 0.25) is 0 Å². The number of halogens is 1. The lowest BCUT2D eigenvalue weighted by Gasteiger charge is -2.11. The van der Waals surface area contributed by atoms with Gasteiger partial charge in [0.15, 0.2) is 0 Å². The average Bonchev–Trinajstić information content (AvgIpc) is 2.52. The third kappa shape index (κ3) is 2.65. The van der Waals surface area contributed by atoms with Gasteiger partial charge < -0.3 is 10.2 Å². The normalized spacial score (nSPS) is 10.5. The molecule has 0 aliphatic rings. The SMILES string of the molecule is Oc1ccc(-c2ccccc2)cc1-c1cccc(Br)c1O. The van der Waals surface area contributed by atoms with Gasteiger partial charge in [0.05, 0.1) is 4.47 Å². The lowest BCUT2D eigenvalue weighted by Crippen LogP contribution is -1.84. The van der Waals surface area contributed by atoms with Crippen LogP contribution >= 0.6 is 15.9 Å². The Balaban J connectivity index is 2.17. The highest BCUT2D eigenvalue weighted by molar-refractivity contribution is 9.10. The Morgan fingerprint density at radius 1 is 0.667 bits per heavy atom. The predicted molar refractivity (Wildman–Crippen MR) is 88.3 cm³/mol. The molecule has 3 aromatic carbocycles. The molecule has 3 rings (SSSR count). The molecule has 0 aliphatic heterocycles. The second-order valence-corrected chi connectivity index (χ2v) is 5.59. The lowest BCUT2D eigenvalue weighted by atomic mass is 9.97. The number of benzene rings is 3. The Hall–Kier alpha value is -2.26. The molecule has 104 valence electrons. The van der Waals surface area contributed by atoms with Gasteiger partial charge in [0.2, 0.25) is 0 Å². The van der Waals surface area contributed by atoms with E-state index in [4.69, 9.17) is 0 Å². The summed E-state index contributed by atoms with van der Waals surface area (Å²) in [6.07, 6.45) is 0. The van der Waals surface area contributed by atoms with E-state index in [9.17, 15) is 10.2 Å². The molecule has 2 nitrogen and oxygen atoms in total. The first kappa shape index (κ1) is 13.7. The zero-order valence-corrected chi connectivity index (χ0v) is 12.7. The van der Waals surface area contributed by atoms with Crippen molar-refractivity contribution in [2.24, 2.45) is 0 Å². The predicted octanol–water partition coefficient (Wildman–Crippen LogP) is 5.19. The van der Waals surface area contributed by atoms with Crippen LogP contribution in [0, 0.1) is 0 Å². The number of para-hydroxylation sites is 1. The molecule has 0 aliphatic carbocycles. The van der Waals surface area contributed by atoms with Crippen LogP contribution in [-0.4, -0.2) is 10.2 Å². The Morgan fingerprint density at radius 3 is 2.19 bits per heavy atom. The minimum Gasteiger partial charge on any atom is -0.507 e. The third-order valence-corrected chi connectivity index (χ3v) is 4.02. The molecule has 0 saturated carbocycles. The Kier molecular flexibility index (Phi) is 3.67. The van der Waals surface area contributed by atoms with Gasteiger partial charge in [0.1, 0.15) is 11.5 Å². The number of rotatable bonds is 2. The van der Waals surface area contributed by atoms with E-state index < -0.39 is 0 Å². The smallest absolute Gasteiger partial charge is 0.137 e. The summed E-state index contributed by atoms with van der Waals surface area (Å²) in [5.41, 5.74) is 3.26. The van der Waals surface area contributed by atoms with Gasteiger partial charge in [-0.2, -0.15) is 0 Å². The number of hydrogen-bond donors (Lipinski definition) is 2. The maximum absolute atomic E-state index is 10.2. The molecule has 21 heavy (non-hydrogen) atoms. The zero-order chi connectivity index (χ0) is 14.8. The molecule has 0 saturated heterocycles. The molecule has 0 atom stereocenters. The molecule has 3 aromatic rings. The van der Waals surface area contributed by atoms with Crippen molar-refractivity contribution < 1.29 is 10.2 Å². The third-order valence-electron chi connectivity index (χ3n) is 3.38. The van der Waals surface area contributed by atoms with Gasteiger partial charge in [0.25, 0.3) is 0 Å². The highest BCUT2D eigenvalue weighted by Gasteiger charge is 2.12. The van der Waals surface area contributed by atoms with E-state index in [1.54, 1.807) is 18.2 Å². The maximum Gasteiger partial charge on any atom is 0.137 e. The number of aromatic hydroxyl groups is 2. The topological polar surface area (TPSA) is 40.5 Å². The summed E-state index contributed by atoms with van der Waals surface area (Å²) in [4.78, 5) is 0. The first-order valence-electron chi connectivity index (χ1n) is 6.53. The van der Waals surface area contributed by atoms with E-state index >= 15 is 0 Å². The van der Waals surface area contributed by atoms with Crippen molar-refractivity contribution in [2.75, 3.05) is 0 Å². The van der Waals surface area contributed by atoms with Crippen molar-refractivity contribution in [3.05, 3.63) is 71.2 Å². The van der Waals surface area contributed by atoms with Crippen molar-refractivity contribution >= 4 is 15.9 Å². The number of phenolic OH excluding ortho intramolecular Hbond substituents is 2. The van der Waals surface area contributed by atoms with Crippen LogP contribution in [0.4, 0.5) is 0 Å². The van der Waals surface area contributed by atoms with E-state index in [0.29, 0.717) is 15.6 Å². The zero-order valence-electron chi connectivity index (χ0n) is 11.1. The van der Waals surface area contributed by atoms with Crippen molar-refractivity contribution in [1.29, 1.82) is 0 Å². The molecule has 0 amide bonds. The summed E-state index contributed by atoms with van der Waals surface area (Å²) in [5, 5.41) is 20.3. The highest BCUT2D eigenvalue weighted by Crippen LogP contribution is 2.40. The molecule has 0 spiro atoms. The molecular formula is C18H13BrO2. The van der Waals surface area contributed by atoms with E-state index in [1.807, 2.05) is 48.5 Å². The van der Waals surface area contributed by atoms with Crippen LogP contribution in [0.3, 0.4) is 0 Å². The fraction of sp³-hybridized carbons (Fsp3) is 0. The minimum absolute atomic E-state index is 0.123. The summed E-state index contributed by atoms with van der Waals surface area (Å²) in [5.74, 6) is 0.265. The van der Waals surface area contributed by atoms with Crippen molar-refractivity contribution in [1.82, 2.24) is 0 Å². The molecule has 0 fully saturated rings. The summed E-state index contributed by atoms with van der Waals surface area (Å²) >= 11 is 3.30. The first-order chi connectivity index (χ1) is 10.2. The molecule has 0 bridgehead atoms. The van der Waals surface area contributed by atoms with Gasteiger partial charge in [-0.1, -0.05) is 48.5 Å². The minimum atomic E-state index is 0.123. The fourth-order valence-electron chi connectivity index (χ4n) is 2.29. The fourth-order valence-corrected chi connectivity index (χ4v) is 2.66. The standard InChI is InChI=1S/C18H13BrO2/c19-16-8-4-7-14(18(16)21)15-11-13(9-10-17(15)20)12-5-2-1-3-6-12/h1-11,20-21H. The van der Waals surface area contributed by atoms with E-state index in [-0.39, 0.29) is 11.5 Å². The van der Waals surface area contributed by atoms with Crippen LogP contribution in [0.5, 0.6) is 11.5 Å². The Bertz CT molecular complexity index is 782. The molecule has 0 heterocycles. The molecule has 3 heteroatoms. The van der Waals surface area contributed by atoms with Crippen LogP contribution in [0.25, 0.3) is 22.3 Å². The van der Waals surface area contributed by atoms with Gasteiger partial charge in [-0.3, -0.25) is 0 Å². The monoisotopic (exact) mass is 340 g/mol. The molecule has 0 unspecified atom stereocenters. The molecule has 0 radical (unpaired) electrons.